The number of unbranched alkanes of at least 4 members (excludes halogenated alkanes) is 1. The van der Waals surface area contributed by atoms with Crippen LogP contribution in [0.4, 0.5) is 13.6 Å². The molecular weight excluding hydrogens is 450 g/mol. The highest BCUT2D eigenvalue weighted by Crippen LogP contribution is 2.55. The molecule has 0 bridgehead atoms. The minimum atomic E-state index is -3.12. The first-order valence-electron chi connectivity index (χ1n) is 11.6. The van der Waals surface area contributed by atoms with Crippen LogP contribution in [-0.2, 0) is 10.8 Å². The molecule has 0 saturated heterocycles. The molecule has 1 aromatic rings. The first-order valence-corrected chi connectivity index (χ1v) is 11.6. The van der Waals surface area contributed by atoms with E-state index < -0.39 is 22.7 Å². The molecule has 0 unspecified atom stereocenters. The first-order chi connectivity index (χ1) is 15.9. The molecule has 1 heterocycles. The molecule has 1 aliphatic heterocycles. The summed E-state index contributed by atoms with van der Waals surface area (Å²) < 4.78 is 41.8. The number of hydrogen-bond donors (Lipinski definition) is 1. The predicted octanol–water partition coefficient (Wildman–Crippen LogP) is 5.88. The van der Waals surface area contributed by atoms with Gasteiger partial charge in [0, 0.05) is 35.9 Å². The van der Waals surface area contributed by atoms with Gasteiger partial charge in [-0.1, -0.05) is 25.0 Å². The van der Waals surface area contributed by atoms with E-state index >= 15 is 8.78 Å². The molecule has 0 fully saturated rings. The minimum absolute atomic E-state index is 0.0246. The van der Waals surface area contributed by atoms with Gasteiger partial charge in [0.1, 0.15) is 23.7 Å². The molecule has 34 heavy (non-hydrogen) atoms. The lowest BCUT2D eigenvalue weighted by atomic mass is 9.67. The highest BCUT2D eigenvalue weighted by molar-refractivity contribution is 5.72. The van der Waals surface area contributed by atoms with Crippen molar-refractivity contribution in [1.82, 2.24) is 5.32 Å². The van der Waals surface area contributed by atoms with Gasteiger partial charge in [-0.05, 0) is 52.2 Å². The number of ether oxygens (including phenoxy) is 2. The molecule has 0 saturated carbocycles. The average molecular weight is 483 g/mol. The second kappa shape index (κ2) is 10.1. The molecule has 3 rings (SSSR count). The van der Waals surface area contributed by atoms with Crippen molar-refractivity contribution >= 4 is 6.09 Å². The third kappa shape index (κ3) is 5.77. The van der Waals surface area contributed by atoms with E-state index in [0.29, 0.717) is 30.6 Å². The number of nitrogens with one attached hydrogen (secondary N) is 1. The molecule has 1 aromatic carbocycles. The molecule has 1 amide bonds. The zero-order chi connectivity index (χ0) is 25.1. The van der Waals surface area contributed by atoms with Crippen molar-refractivity contribution in [2.75, 3.05) is 13.2 Å². The van der Waals surface area contributed by atoms with E-state index in [1.54, 1.807) is 0 Å². The number of halogens is 2. The number of nitrogens with zero attached hydrogens (tertiary/aromatic N) is 1. The van der Waals surface area contributed by atoms with E-state index in [2.05, 4.69) is 16.2 Å². The Labute approximate surface area is 197 Å². The minimum Gasteiger partial charge on any atom is -0.487 e. The Morgan fingerprint density at radius 3 is 2.79 bits per heavy atom. The van der Waals surface area contributed by atoms with E-state index in [1.807, 2.05) is 27.7 Å². The van der Waals surface area contributed by atoms with Gasteiger partial charge in [-0.15, -0.1) is 10.1 Å². The van der Waals surface area contributed by atoms with Crippen molar-refractivity contribution in [3.63, 3.8) is 0 Å². The maximum atomic E-state index is 15.0. The Bertz CT molecular complexity index is 963. The fourth-order valence-electron chi connectivity index (χ4n) is 4.79. The fraction of sp³-hybridized carbons (Fsp3) is 0.625. The van der Waals surface area contributed by atoms with Gasteiger partial charge in [-0.3, -0.25) is 0 Å². The largest absolute Gasteiger partial charge is 0.487 e. The van der Waals surface area contributed by atoms with Crippen LogP contribution in [0.5, 0.6) is 11.5 Å². The van der Waals surface area contributed by atoms with Gasteiger partial charge in [0.15, 0.2) is 0 Å². The van der Waals surface area contributed by atoms with E-state index in [9.17, 15) is 14.9 Å². The summed E-state index contributed by atoms with van der Waals surface area (Å²) in [5.41, 5.74) is 0.917. The molecular formula is C24H32F2N2O6. The maximum absolute atomic E-state index is 15.0. The van der Waals surface area contributed by atoms with Crippen LogP contribution in [0.3, 0.4) is 0 Å². The van der Waals surface area contributed by atoms with Crippen LogP contribution < -0.4 is 14.8 Å². The van der Waals surface area contributed by atoms with Crippen LogP contribution in [0, 0.1) is 16.0 Å². The predicted molar refractivity (Wildman–Crippen MR) is 121 cm³/mol. The number of hydrogen-bond acceptors (Lipinski definition) is 6. The normalized spacial score (nSPS) is 20.8. The molecule has 1 N–H and O–H groups in total. The van der Waals surface area contributed by atoms with Crippen molar-refractivity contribution < 1.29 is 33.0 Å². The monoisotopic (exact) mass is 482 g/mol. The van der Waals surface area contributed by atoms with Gasteiger partial charge in [-0.2, -0.15) is 0 Å². The summed E-state index contributed by atoms with van der Waals surface area (Å²) in [6, 6.07) is 2.61. The number of carbonyl (C=O) groups excluding carboxylic acids is 1. The highest BCUT2D eigenvalue weighted by Gasteiger charge is 2.47. The average Bonchev–Trinajstić information content (AvgIpc) is 2.74. The lowest BCUT2D eigenvalue weighted by molar-refractivity contribution is -0.757. The third-order valence-corrected chi connectivity index (χ3v) is 6.53. The fourth-order valence-corrected chi connectivity index (χ4v) is 4.79. The van der Waals surface area contributed by atoms with E-state index in [0.717, 1.165) is 6.42 Å². The number of fused-ring (bicyclic) bond motifs is 3. The summed E-state index contributed by atoms with van der Waals surface area (Å²) in [5.74, 6) is -2.78. The standard InChI is InChI=1S/C24H32F2N2O6/c1-5-6-9-24(25,26)16-13-19(33-22(29)27-10-11-32-28(30)31)21-17-12-15(2)7-8-18(17)23(3,4)34-20(21)14-16/h7,13-14,17-18H,5-6,8-12H2,1-4H3,(H,27,29)/t17-,18-/m1/s1. The summed E-state index contributed by atoms with van der Waals surface area (Å²) in [5, 5.41) is 11.6. The van der Waals surface area contributed by atoms with Gasteiger partial charge >= 0.3 is 6.09 Å². The topological polar surface area (TPSA) is 99.9 Å². The quantitative estimate of drug-likeness (QED) is 0.204. The van der Waals surface area contributed by atoms with Gasteiger partial charge in [-0.25, -0.2) is 13.6 Å². The molecule has 2 atom stereocenters. The number of alkyl halides is 2. The van der Waals surface area contributed by atoms with E-state index in [4.69, 9.17) is 9.47 Å². The first kappa shape index (κ1) is 25.7. The van der Waals surface area contributed by atoms with Gasteiger partial charge in [0.25, 0.3) is 11.0 Å². The molecule has 2 aliphatic rings. The summed E-state index contributed by atoms with van der Waals surface area (Å²) in [6.45, 7) is 7.23. The SMILES string of the molecule is CCCCC(F)(F)c1cc(OC(=O)NCCO[N+](=O)[O-])c2c(c1)OC(C)(C)[C@@H]1CC=C(C)C[C@@H]21. The van der Waals surface area contributed by atoms with Crippen LogP contribution >= 0.6 is 0 Å². The third-order valence-electron chi connectivity index (χ3n) is 6.53. The summed E-state index contributed by atoms with van der Waals surface area (Å²) in [4.78, 5) is 26.9. The number of benzene rings is 1. The van der Waals surface area contributed by atoms with Crippen molar-refractivity contribution in [3.05, 3.63) is 45.0 Å². The van der Waals surface area contributed by atoms with Crippen molar-refractivity contribution in [3.8, 4) is 11.5 Å². The van der Waals surface area contributed by atoms with Crippen LogP contribution in [0.25, 0.3) is 0 Å². The molecule has 0 spiro atoms. The van der Waals surface area contributed by atoms with Crippen LogP contribution in [0.2, 0.25) is 0 Å². The Morgan fingerprint density at radius 2 is 2.12 bits per heavy atom. The van der Waals surface area contributed by atoms with Crippen molar-refractivity contribution in [1.29, 1.82) is 0 Å². The van der Waals surface area contributed by atoms with Gasteiger partial charge in [0.2, 0.25) is 0 Å². The van der Waals surface area contributed by atoms with Crippen LogP contribution in [-0.4, -0.2) is 29.9 Å². The molecule has 8 nitrogen and oxygen atoms in total. The second-order valence-electron chi connectivity index (χ2n) is 9.48. The Balaban J connectivity index is 1.98. The molecule has 1 aliphatic carbocycles. The lowest BCUT2D eigenvalue weighted by Gasteiger charge is -2.47. The molecule has 0 aromatic heterocycles. The number of allylic oxidation sites excluding steroid dienone is 2. The van der Waals surface area contributed by atoms with Crippen LogP contribution in [0.1, 0.15) is 76.8 Å². The number of rotatable bonds is 9. The van der Waals surface area contributed by atoms with Crippen molar-refractivity contribution in [2.24, 2.45) is 5.92 Å². The van der Waals surface area contributed by atoms with E-state index in [-0.39, 0.29) is 42.7 Å². The van der Waals surface area contributed by atoms with E-state index in [1.165, 1.54) is 17.7 Å². The Morgan fingerprint density at radius 1 is 1.38 bits per heavy atom. The molecule has 10 heteroatoms. The Kier molecular flexibility index (Phi) is 7.67. The zero-order valence-electron chi connectivity index (χ0n) is 20.0. The molecule has 0 radical (unpaired) electrons. The summed E-state index contributed by atoms with van der Waals surface area (Å²) in [7, 11) is 0. The number of amides is 1. The van der Waals surface area contributed by atoms with Crippen LogP contribution in [0.15, 0.2) is 23.8 Å². The maximum Gasteiger partial charge on any atom is 0.412 e. The smallest absolute Gasteiger partial charge is 0.412 e. The van der Waals surface area contributed by atoms with Gasteiger partial charge < -0.3 is 19.6 Å². The summed E-state index contributed by atoms with van der Waals surface area (Å²) >= 11 is 0. The lowest BCUT2D eigenvalue weighted by Crippen LogP contribution is -2.45. The number of carbonyl (C=O) groups is 1. The summed E-state index contributed by atoms with van der Waals surface area (Å²) in [6.07, 6.45) is 3.35. The molecule has 188 valence electrons. The zero-order valence-corrected chi connectivity index (χ0v) is 20.0. The Hall–Kier alpha value is -2.91. The van der Waals surface area contributed by atoms with Crippen molar-refractivity contribution in [2.45, 2.75) is 77.2 Å². The van der Waals surface area contributed by atoms with Gasteiger partial charge in [0.05, 0.1) is 0 Å². The second-order valence-corrected chi connectivity index (χ2v) is 9.48. The highest BCUT2D eigenvalue weighted by atomic mass is 19.3.